The SMILES string of the molecule is NCC1COCCN1c1ccc(C(N)=O)nn1. The van der Waals surface area contributed by atoms with Crippen molar-refractivity contribution in [3.8, 4) is 0 Å². The van der Waals surface area contributed by atoms with E-state index in [-0.39, 0.29) is 11.7 Å². The fourth-order valence-corrected chi connectivity index (χ4v) is 1.76. The minimum Gasteiger partial charge on any atom is -0.377 e. The van der Waals surface area contributed by atoms with Crippen LogP contribution in [-0.2, 0) is 4.74 Å². The molecule has 17 heavy (non-hydrogen) atoms. The molecule has 1 amide bonds. The van der Waals surface area contributed by atoms with Crippen LogP contribution in [0.3, 0.4) is 0 Å². The summed E-state index contributed by atoms with van der Waals surface area (Å²) in [5.41, 5.74) is 10.9. The Labute approximate surface area is 98.7 Å². The minimum absolute atomic E-state index is 0.0949. The number of carbonyl (C=O) groups is 1. The summed E-state index contributed by atoms with van der Waals surface area (Å²) in [6.45, 7) is 2.41. The van der Waals surface area contributed by atoms with Gasteiger partial charge in [-0.05, 0) is 12.1 Å². The first-order valence-electron chi connectivity index (χ1n) is 5.40. The van der Waals surface area contributed by atoms with Crippen molar-refractivity contribution in [1.82, 2.24) is 10.2 Å². The molecule has 0 saturated carbocycles. The van der Waals surface area contributed by atoms with Crippen LogP contribution >= 0.6 is 0 Å². The summed E-state index contributed by atoms with van der Waals surface area (Å²) in [5.74, 6) is 0.107. The number of aromatic nitrogens is 2. The number of hydrogen-bond donors (Lipinski definition) is 2. The molecule has 0 spiro atoms. The van der Waals surface area contributed by atoms with E-state index in [0.29, 0.717) is 32.1 Å². The van der Waals surface area contributed by atoms with E-state index in [9.17, 15) is 4.79 Å². The molecule has 2 rings (SSSR count). The summed E-state index contributed by atoms with van der Waals surface area (Å²) in [7, 11) is 0. The highest BCUT2D eigenvalue weighted by Gasteiger charge is 2.23. The fourth-order valence-electron chi connectivity index (χ4n) is 1.76. The van der Waals surface area contributed by atoms with Gasteiger partial charge in [-0.15, -0.1) is 10.2 Å². The van der Waals surface area contributed by atoms with Gasteiger partial charge in [0.15, 0.2) is 11.5 Å². The lowest BCUT2D eigenvalue weighted by molar-refractivity contribution is 0.0955. The van der Waals surface area contributed by atoms with Crippen LogP contribution in [0.15, 0.2) is 12.1 Å². The number of primary amides is 1. The Hall–Kier alpha value is -1.73. The highest BCUT2D eigenvalue weighted by molar-refractivity contribution is 5.90. The molecular weight excluding hydrogens is 222 g/mol. The molecule has 0 aromatic carbocycles. The maximum absolute atomic E-state index is 10.9. The van der Waals surface area contributed by atoms with Crippen LogP contribution < -0.4 is 16.4 Å². The number of carbonyl (C=O) groups excluding carboxylic acids is 1. The molecule has 1 aliphatic heterocycles. The average Bonchev–Trinajstić information content (AvgIpc) is 2.39. The molecule has 2 heterocycles. The van der Waals surface area contributed by atoms with Crippen molar-refractivity contribution in [1.29, 1.82) is 0 Å². The standard InChI is InChI=1S/C10H15N5O2/c11-5-7-6-17-4-3-15(7)9-2-1-8(10(12)16)13-14-9/h1-2,7H,3-6,11H2,(H2,12,16). The summed E-state index contributed by atoms with van der Waals surface area (Å²) in [6.07, 6.45) is 0. The smallest absolute Gasteiger partial charge is 0.269 e. The van der Waals surface area contributed by atoms with Gasteiger partial charge in [0.2, 0.25) is 0 Å². The molecule has 1 fully saturated rings. The van der Waals surface area contributed by atoms with E-state index in [1.807, 2.05) is 4.90 Å². The van der Waals surface area contributed by atoms with Gasteiger partial charge < -0.3 is 21.1 Å². The molecule has 1 saturated heterocycles. The number of rotatable bonds is 3. The maximum atomic E-state index is 10.9. The monoisotopic (exact) mass is 237 g/mol. The molecular formula is C10H15N5O2. The van der Waals surface area contributed by atoms with Gasteiger partial charge in [-0.25, -0.2) is 0 Å². The first-order valence-corrected chi connectivity index (χ1v) is 5.40. The van der Waals surface area contributed by atoms with E-state index < -0.39 is 5.91 Å². The van der Waals surface area contributed by atoms with Gasteiger partial charge in [0.05, 0.1) is 19.3 Å². The minimum atomic E-state index is -0.582. The Morgan fingerprint density at radius 3 is 2.94 bits per heavy atom. The van der Waals surface area contributed by atoms with Crippen LogP contribution in [-0.4, -0.2) is 48.4 Å². The second kappa shape index (κ2) is 5.07. The van der Waals surface area contributed by atoms with Crippen LogP contribution in [0.2, 0.25) is 0 Å². The molecule has 7 heteroatoms. The third-order valence-electron chi connectivity index (χ3n) is 2.70. The van der Waals surface area contributed by atoms with E-state index in [0.717, 1.165) is 0 Å². The van der Waals surface area contributed by atoms with Gasteiger partial charge in [-0.3, -0.25) is 4.79 Å². The van der Waals surface area contributed by atoms with Crippen molar-refractivity contribution in [2.75, 3.05) is 31.2 Å². The van der Waals surface area contributed by atoms with Crippen molar-refractivity contribution in [3.05, 3.63) is 17.8 Å². The Kier molecular flexibility index (Phi) is 3.50. The van der Waals surface area contributed by atoms with Gasteiger partial charge in [0.1, 0.15) is 0 Å². The van der Waals surface area contributed by atoms with Crippen LogP contribution in [0.4, 0.5) is 5.82 Å². The van der Waals surface area contributed by atoms with Crippen molar-refractivity contribution in [2.45, 2.75) is 6.04 Å². The summed E-state index contributed by atoms with van der Waals surface area (Å²) in [5, 5.41) is 7.76. The molecule has 7 nitrogen and oxygen atoms in total. The molecule has 0 bridgehead atoms. The molecule has 1 aliphatic rings. The van der Waals surface area contributed by atoms with Gasteiger partial charge >= 0.3 is 0 Å². The number of morpholine rings is 1. The molecule has 0 aliphatic carbocycles. The predicted octanol–water partition coefficient (Wildman–Crippen LogP) is -1.26. The Bertz CT molecular complexity index is 394. The zero-order valence-corrected chi connectivity index (χ0v) is 9.37. The molecule has 1 aromatic heterocycles. The van der Waals surface area contributed by atoms with E-state index >= 15 is 0 Å². The van der Waals surface area contributed by atoms with Crippen molar-refractivity contribution in [2.24, 2.45) is 11.5 Å². The quantitative estimate of drug-likeness (QED) is 0.679. The van der Waals surface area contributed by atoms with E-state index in [1.54, 1.807) is 12.1 Å². The van der Waals surface area contributed by atoms with E-state index in [1.165, 1.54) is 0 Å². The van der Waals surface area contributed by atoms with Crippen LogP contribution in [0.25, 0.3) is 0 Å². The second-order valence-electron chi connectivity index (χ2n) is 3.80. The maximum Gasteiger partial charge on any atom is 0.269 e. The Balaban J connectivity index is 2.17. The van der Waals surface area contributed by atoms with Gasteiger partial charge in [0.25, 0.3) is 5.91 Å². The molecule has 1 aromatic rings. The second-order valence-corrected chi connectivity index (χ2v) is 3.80. The van der Waals surface area contributed by atoms with Crippen LogP contribution in [0.5, 0.6) is 0 Å². The topological polar surface area (TPSA) is 107 Å². The lowest BCUT2D eigenvalue weighted by Gasteiger charge is -2.35. The van der Waals surface area contributed by atoms with E-state index in [2.05, 4.69) is 10.2 Å². The number of anilines is 1. The Morgan fingerprint density at radius 2 is 2.35 bits per heavy atom. The van der Waals surface area contributed by atoms with Gasteiger partial charge in [-0.1, -0.05) is 0 Å². The number of ether oxygens (including phenoxy) is 1. The summed E-state index contributed by atoms with van der Waals surface area (Å²) in [6, 6.07) is 3.38. The fraction of sp³-hybridized carbons (Fsp3) is 0.500. The third-order valence-corrected chi connectivity index (χ3v) is 2.70. The summed E-state index contributed by atoms with van der Waals surface area (Å²) >= 11 is 0. The third kappa shape index (κ3) is 2.51. The van der Waals surface area contributed by atoms with Crippen LogP contribution in [0.1, 0.15) is 10.5 Å². The normalized spacial score (nSPS) is 20.3. The first kappa shape index (κ1) is 11.7. The predicted molar refractivity (Wildman–Crippen MR) is 61.6 cm³/mol. The first-order chi connectivity index (χ1) is 8.22. The summed E-state index contributed by atoms with van der Waals surface area (Å²) < 4.78 is 5.34. The van der Waals surface area contributed by atoms with Gasteiger partial charge in [0, 0.05) is 13.1 Å². The molecule has 1 atom stereocenters. The number of amides is 1. The molecule has 1 unspecified atom stereocenters. The van der Waals surface area contributed by atoms with Crippen molar-refractivity contribution >= 4 is 11.7 Å². The highest BCUT2D eigenvalue weighted by atomic mass is 16.5. The van der Waals surface area contributed by atoms with Crippen LogP contribution in [0, 0.1) is 0 Å². The number of nitrogens with zero attached hydrogens (tertiary/aromatic N) is 3. The largest absolute Gasteiger partial charge is 0.377 e. The average molecular weight is 237 g/mol. The lowest BCUT2D eigenvalue weighted by atomic mass is 10.2. The summed E-state index contributed by atoms with van der Waals surface area (Å²) in [4.78, 5) is 12.9. The van der Waals surface area contributed by atoms with Crippen molar-refractivity contribution < 1.29 is 9.53 Å². The molecule has 0 radical (unpaired) electrons. The number of hydrogen-bond acceptors (Lipinski definition) is 6. The zero-order valence-electron chi connectivity index (χ0n) is 9.37. The lowest BCUT2D eigenvalue weighted by Crippen LogP contribution is -2.50. The van der Waals surface area contributed by atoms with Crippen molar-refractivity contribution in [3.63, 3.8) is 0 Å². The number of nitrogens with two attached hydrogens (primary N) is 2. The Morgan fingerprint density at radius 1 is 1.53 bits per heavy atom. The molecule has 92 valence electrons. The molecule has 4 N–H and O–H groups in total. The van der Waals surface area contributed by atoms with Gasteiger partial charge in [-0.2, -0.15) is 0 Å². The van der Waals surface area contributed by atoms with E-state index in [4.69, 9.17) is 16.2 Å². The zero-order chi connectivity index (χ0) is 12.3. The highest BCUT2D eigenvalue weighted by Crippen LogP contribution is 2.15.